The minimum atomic E-state index is -1.08. The van der Waals surface area contributed by atoms with E-state index in [2.05, 4.69) is 5.32 Å². The Morgan fingerprint density at radius 1 is 1.26 bits per heavy atom. The molecule has 0 aliphatic carbocycles. The van der Waals surface area contributed by atoms with Gasteiger partial charge in [0.05, 0.1) is 0 Å². The van der Waals surface area contributed by atoms with E-state index in [1.165, 1.54) is 0 Å². The molecular weight excluding hydrogens is 294 g/mol. The van der Waals surface area contributed by atoms with E-state index in [1.54, 1.807) is 0 Å². The van der Waals surface area contributed by atoms with Crippen molar-refractivity contribution in [1.82, 2.24) is 5.32 Å². The van der Waals surface area contributed by atoms with Crippen LogP contribution in [0, 0.1) is 5.92 Å². The highest BCUT2D eigenvalue weighted by atomic mass is 16.5. The molecule has 0 saturated carbocycles. The number of carboxylic acid groups (broad SMARTS) is 1. The Bertz CT molecular complexity index is 525. The van der Waals surface area contributed by atoms with Crippen LogP contribution in [0.25, 0.3) is 0 Å². The topological polar surface area (TPSA) is 75.6 Å². The van der Waals surface area contributed by atoms with Gasteiger partial charge in [0.15, 0.2) is 0 Å². The molecule has 23 heavy (non-hydrogen) atoms. The maximum atomic E-state index is 12.2. The minimum Gasteiger partial charge on any atom is -0.481 e. The number of carbonyl (C=O) groups excluding carboxylic acids is 1. The molecule has 5 nitrogen and oxygen atoms in total. The Morgan fingerprint density at radius 3 is 2.48 bits per heavy atom. The molecule has 1 aliphatic heterocycles. The van der Waals surface area contributed by atoms with Gasteiger partial charge in [0.1, 0.15) is 5.41 Å². The number of hydrogen-bond acceptors (Lipinski definition) is 3. The number of carbonyl (C=O) groups is 2. The monoisotopic (exact) mass is 319 g/mol. The van der Waals surface area contributed by atoms with Crippen LogP contribution < -0.4 is 5.32 Å². The molecule has 1 amide bonds. The predicted octanol–water partition coefficient (Wildman–Crippen LogP) is 2.35. The third kappa shape index (κ3) is 4.32. The van der Waals surface area contributed by atoms with Crippen LogP contribution >= 0.6 is 0 Å². The lowest BCUT2D eigenvalue weighted by Gasteiger charge is -2.29. The van der Waals surface area contributed by atoms with Crippen molar-refractivity contribution in [2.75, 3.05) is 19.8 Å². The van der Waals surface area contributed by atoms with E-state index in [1.807, 2.05) is 37.3 Å². The zero-order chi connectivity index (χ0) is 16.7. The van der Waals surface area contributed by atoms with Crippen LogP contribution in [0.4, 0.5) is 0 Å². The van der Waals surface area contributed by atoms with E-state index in [0.29, 0.717) is 32.0 Å². The van der Waals surface area contributed by atoms with Crippen molar-refractivity contribution < 1.29 is 19.4 Å². The van der Waals surface area contributed by atoms with Crippen LogP contribution in [0.1, 0.15) is 38.2 Å². The fourth-order valence-corrected chi connectivity index (χ4v) is 3.07. The molecule has 1 aromatic rings. The molecule has 0 spiro atoms. The largest absolute Gasteiger partial charge is 0.481 e. The number of amides is 1. The second kappa shape index (κ2) is 8.11. The van der Waals surface area contributed by atoms with Crippen LogP contribution in [0.2, 0.25) is 0 Å². The van der Waals surface area contributed by atoms with Crippen LogP contribution in [-0.2, 0) is 19.7 Å². The van der Waals surface area contributed by atoms with Gasteiger partial charge in [-0.25, -0.2) is 0 Å². The van der Waals surface area contributed by atoms with Gasteiger partial charge in [-0.05, 0) is 30.7 Å². The van der Waals surface area contributed by atoms with E-state index in [0.717, 1.165) is 18.4 Å². The maximum Gasteiger partial charge on any atom is 0.315 e. The summed E-state index contributed by atoms with van der Waals surface area (Å²) in [6.45, 7) is 3.36. The summed E-state index contributed by atoms with van der Waals surface area (Å²) in [6.07, 6.45) is 2.65. The van der Waals surface area contributed by atoms with Crippen molar-refractivity contribution in [2.24, 2.45) is 5.92 Å². The Balaban J connectivity index is 2.01. The maximum absolute atomic E-state index is 12.2. The number of aliphatic carboxylic acids is 1. The first-order valence-corrected chi connectivity index (χ1v) is 8.22. The van der Waals surface area contributed by atoms with E-state index < -0.39 is 11.4 Å². The standard InChI is InChI=1S/C18H25NO4/c1-2-18(17(21)22,15-6-4-3-5-7-15)13-19-16(20)12-14-8-10-23-11-9-14/h3-7,14H,2,8-13H2,1H3,(H,19,20)(H,21,22). The summed E-state index contributed by atoms with van der Waals surface area (Å²) >= 11 is 0. The first-order valence-electron chi connectivity index (χ1n) is 8.22. The normalized spacial score (nSPS) is 18.1. The van der Waals surface area contributed by atoms with Crippen LogP contribution in [-0.4, -0.2) is 36.7 Å². The molecular formula is C18H25NO4. The second-order valence-electron chi connectivity index (χ2n) is 6.14. The highest BCUT2D eigenvalue weighted by Gasteiger charge is 2.39. The number of hydrogen-bond donors (Lipinski definition) is 2. The molecule has 5 heteroatoms. The molecule has 126 valence electrons. The van der Waals surface area contributed by atoms with E-state index in [9.17, 15) is 14.7 Å². The summed E-state index contributed by atoms with van der Waals surface area (Å²) in [4.78, 5) is 24.1. The van der Waals surface area contributed by atoms with E-state index in [-0.39, 0.29) is 12.5 Å². The molecule has 1 unspecified atom stereocenters. The van der Waals surface area contributed by atoms with Crippen LogP contribution in [0.5, 0.6) is 0 Å². The number of carboxylic acids is 1. The van der Waals surface area contributed by atoms with Crippen molar-refractivity contribution in [2.45, 2.75) is 38.0 Å². The van der Waals surface area contributed by atoms with Gasteiger partial charge in [0, 0.05) is 26.2 Å². The van der Waals surface area contributed by atoms with Crippen molar-refractivity contribution >= 4 is 11.9 Å². The van der Waals surface area contributed by atoms with Crippen molar-refractivity contribution in [3.63, 3.8) is 0 Å². The third-order valence-electron chi connectivity index (χ3n) is 4.74. The highest BCUT2D eigenvalue weighted by Crippen LogP contribution is 2.28. The quantitative estimate of drug-likeness (QED) is 0.809. The van der Waals surface area contributed by atoms with Crippen molar-refractivity contribution in [3.8, 4) is 0 Å². The molecule has 0 radical (unpaired) electrons. The lowest BCUT2D eigenvalue weighted by atomic mass is 9.78. The van der Waals surface area contributed by atoms with Crippen molar-refractivity contribution in [1.29, 1.82) is 0 Å². The predicted molar refractivity (Wildman–Crippen MR) is 87.2 cm³/mol. The van der Waals surface area contributed by atoms with Crippen LogP contribution in [0.15, 0.2) is 30.3 Å². The Kier molecular flexibility index (Phi) is 6.16. The summed E-state index contributed by atoms with van der Waals surface area (Å²) in [5, 5.41) is 12.6. The molecule has 1 atom stereocenters. The van der Waals surface area contributed by atoms with Crippen LogP contribution in [0.3, 0.4) is 0 Å². The van der Waals surface area contributed by atoms with E-state index >= 15 is 0 Å². The van der Waals surface area contributed by atoms with Gasteiger partial charge >= 0.3 is 5.97 Å². The lowest BCUT2D eigenvalue weighted by molar-refractivity contribution is -0.144. The zero-order valence-electron chi connectivity index (χ0n) is 13.6. The summed E-state index contributed by atoms with van der Waals surface area (Å²) < 4.78 is 5.29. The summed E-state index contributed by atoms with van der Waals surface area (Å²) in [6, 6.07) is 9.12. The molecule has 0 aromatic heterocycles. The molecule has 1 saturated heterocycles. The number of nitrogens with one attached hydrogen (secondary N) is 1. The SMILES string of the molecule is CCC(CNC(=O)CC1CCOCC1)(C(=O)O)c1ccccc1. The molecule has 1 heterocycles. The Morgan fingerprint density at radius 2 is 1.91 bits per heavy atom. The smallest absolute Gasteiger partial charge is 0.315 e. The van der Waals surface area contributed by atoms with Gasteiger partial charge in [-0.15, -0.1) is 0 Å². The van der Waals surface area contributed by atoms with Gasteiger partial charge in [0.25, 0.3) is 0 Å². The first kappa shape index (κ1) is 17.5. The van der Waals surface area contributed by atoms with Gasteiger partial charge < -0.3 is 15.2 Å². The van der Waals surface area contributed by atoms with Gasteiger partial charge in [-0.3, -0.25) is 9.59 Å². The number of rotatable bonds is 7. The number of benzene rings is 1. The average molecular weight is 319 g/mol. The Labute approximate surface area is 137 Å². The second-order valence-corrected chi connectivity index (χ2v) is 6.14. The molecule has 1 aliphatic rings. The molecule has 0 bridgehead atoms. The van der Waals surface area contributed by atoms with Gasteiger partial charge in [-0.1, -0.05) is 37.3 Å². The molecule has 1 aromatic carbocycles. The number of ether oxygens (including phenoxy) is 1. The fourth-order valence-electron chi connectivity index (χ4n) is 3.07. The third-order valence-corrected chi connectivity index (χ3v) is 4.74. The summed E-state index contributed by atoms with van der Waals surface area (Å²) in [5.74, 6) is -0.647. The summed E-state index contributed by atoms with van der Waals surface area (Å²) in [5.41, 5.74) is -0.353. The molecule has 1 fully saturated rings. The van der Waals surface area contributed by atoms with Crippen molar-refractivity contribution in [3.05, 3.63) is 35.9 Å². The zero-order valence-corrected chi connectivity index (χ0v) is 13.6. The lowest BCUT2D eigenvalue weighted by Crippen LogP contribution is -2.46. The van der Waals surface area contributed by atoms with E-state index in [4.69, 9.17) is 4.74 Å². The summed E-state index contributed by atoms with van der Waals surface area (Å²) in [7, 11) is 0. The molecule has 2 N–H and O–H groups in total. The highest BCUT2D eigenvalue weighted by molar-refractivity contribution is 5.83. The molecule has 2 rings (SSSR count). The average Bonchev–Trinajstić information content (AvgIpc) is 2.57. The van der Waals surface area contributed by atoms with Gasteiger partial charge in [0.2, 0.25) is 5.91 Å². The minimum absolute atomic E-state index is 0.0769. The first-order chi connectivity index (χ1) is 11.1. The fraction of sp³-hybridized carbons (Fsp3) is 0.556. The Hall–Kier alpha value is -1.88. The van der Waals surface area contributed by atoms with Gasteiger partial charge in [-0.2, -0.15) is 0 Å².